The van der Waals surface area contributed by atoms with Crippen LogP contribution in [0.25, 0.3) is 23.0 Å². The Morgan fingerprint density at radius 2 is 2.28 bits per heavy atom. The van der Waals surface area contributed by atoms with Gasteiger partial charge in [-0.1, -0.05) is 23.0 Å². The van der Waals surface area contributed by atoms with E-state index < -0.39 is 0 Å². The normalized spacial score (nSPS) is 11.0. The van der Waals surface area contributed by atoms with Gasteiger partial charge >= 0.3 is 0 Å². The first-order valence-corrected chi connectivity index (χ1v) is 9.34. The van der Waals surface area contributed by atoms with Gasteiger partial charge in [0.05, 0.1) is 12.0 Å². The van der Waals surface area contributed by atoms with Crippen LogP contribution < -0.4 is 0 Å². The lowest BCUT2D eigenvalue weighted by molar-refractivity contribution is 0.391. The summed E-state index contributed by atoms with van der Waals surface area (Å²) in [7, 11) is 0. The Morgan fingerprint density at radius 3 is 3.04 bits per heavy atom. The number of thioether (sulfide) groups is 1. The molecule has 0 unspecified atom stereocenters. The second kappa shape index (κ2) is 7.08. The van der Waals surface area contributed by atoms with E-state index in [1.165, 1.54) is 11.8 Å². The smallest absolute Gasteiger partial charge is 0.237 e. The molecule has 0 spiro atoms. The summed E-state index contributed by atoms with van der Waals surface area (Å²) in [6.45, 7) is 4.37. The number of aromatic nitrogens is 5. The van der Waals surface area contributed by atoms with E-state index >= 15 is 0 Å². The van der Waals surface area contributed by atoms with Gasteiger partial charge < -0.3 is 8.94 Å². The molecule has 126 valence electrons. The summed E-state index contributed by atoms with van der Waals surface area (Å²) in [6.07, 6.45) is 3.40. The van der Waals surface area contributed by atoms with Crippen molar-refractivity contribution in [2.75, 3.05) is 0 Å². The molecule has 7 nitrogen and oxygen atoms in total. The fourth-order valence-corrected chi connectivity index (χ4v) is 3.65. The fraction of sp³-hybridized carbons (Fsp3) is 0.125. The van der Waals surface area contributed by atoms with Crippen molar-refractivity contribution in [1.29, 1.82) is 0 Å². The zero-order chi connectivity index (χ0) is 17.1. The predicted molar refractivity (Wildman–Crippen MR) is 95.1 cm³/mol. The molecule has 4 rings (SSSR count). The van der Waals surface area contributed by atoms with Crippen molar-refractivity contribution in [3.8, 4) is 23.0 Å². The average molecular weight is 371 g/mol. The first kappa shape index (κ1) is 15.9. The Bertz CT molecular complexity index is 957. The maximum atomic E-state index is 5.42. The van der Waals surface area contributed by atoms with E-state index in [2.05, 4.69) is 26.9 Å². The Kier molecular flexibility index (Phi) is 4.49. The lowest BCUT2D eigenvalue weighted by Crippen LogP contribution is -2.00. The molecule has 0 aliphatic heterocycles. The third-order valence-corrected chi connectivity index (χ3v) is 4.98. The molecule has 0 aliphatic rings. The number of nitrogens with zero attached hydrogens (tertiary/aromatic N) is 5. The molecular weight excluding hydrogens is 358 g/mol. The Balaban J connectivity index is 1.52. The molecule has 0 saturated heterocycles. The summed E-state index contributed by atoms with van der Waals surface area (Å²) in [6, 6.07) is 5.63. The minimum atomic E-state index is 0.505. The SMILES string of the molecule is C=CCn1c(SCc2nc(-c3ccsc3)no2)nnc1-c1ccco1. The second-order valence-electron chi connectivity index (χ2n) is 5.00. The van der Waals surface area contributed by atoms with Crippen LogP contribution in [0.3, 0.4) is 0 Å². The highest BCUT2D eigenvalue weighted by atomic mass is 32.2. The van der Waals surface area contributed by atoms with Crippen LogP contribution in [0.4, 0.5) is 0 Å². The number of hydrogen-bond acceptors (Lipinski definition) is 8. The number of rotatable bonds is 7. The molecule has 25 heavy (non-hydrogen) atoms. The van der Waals surface area contributed by atoms with Gasteiger partial charge in [0.15, 0.2) is 10.9 Å². The topological polar surface area (TPSA) is 82.8 Å². The lowest BCUT2D eigenvalue weighted by Gasteiger charge is -2.04. The zero-order valence-electron chi connectivity index (χ0n) is 13.0. The van der Waals surface area contributed by atoms with Gasteiger partial charge in [-0.15, -0.1) is 16.8 Å². The highest BCUT2D eigenvalue weighted by Crippen LogP contribution is 2.27. The Labute approximate surface area is 151 Å². The maximum Gasteiger partial charge on any atom is 0.237 e. The van der Waals surface area contributed by atoms with E-state index in [1.54, 1.807) is 23.7 Å². The van der Waals surface area contributed by atoms with Crippen molar-refractivity contribution in [3.05, 3.63) is 53.8 Å². The molecular formula is C16H13N5O2S2. The molecule has 0 N–H and O–H groups in total. The summed E-state index contributed by atoms with van der Waals surface area (Å²) >= 11 is 3.07. The van der Waals surface area contributed by atoms with Gasteiger partial charge in [0.2, 0.25) is 17.5 Å². The van der Waals surface area contributed by atoms with Crippen LogP contribution in [0.15, 0.2) is 62.0 Å². The minimum Gasteiger partial charge on any atom is -0.461 e. The molecule has 0 saturated carbocycles. The lowest BCUT2D eigenvalue weighted by atomic mass is 10.3. The van der Waals surface area contributed by atoms with Crippen molar-refractivity contribution < 1.29 is 8.94 Å². The molecule has 0 aliphatic carbocycles. The largest absolute Gasteiger partial charge is 0.461 e. The third kappa shape index (κ3) is 3.28. The van der Waals surface area contributed by atoms with Crippen LogP contribution in [0.1, 0.15) is 5.89 Å². The van der Waals surface area contributed by atoms with E-state index in [1.807, 2.05) is 33.5 Å². The molecule has 4 heterocycles. The molecule has 0 amide bonds. The maximum absolute atomic E-state index is 5.42. The van der Waals surface area contributed by atoms with Crippen LogP contribution in [0.2, 0.25) is 0 Å². The molecule has 4 aromatic rings. The molecule has 0 fully saturated rings. The van der Waals surface area contributed by atoms with E-state index in [0.29, 0.717) is 35.6 Å². The zero-order valence-corrected chi connectivity index (χ0v) is 14.7. The van der Waals surface area contributed by atoms with Gasteiger partial charge in [-0.25, -0.2) is 0 Å². The van der Waals surface area contributed by atoms with Crippen LogP contribution in [-0.2, 0) is 12.3 Å². The Morgan fingerprint density at radius 1 is 1.32 bits per heavy atom. The molecule has 0 atom stereocenters. The van der Waals surface area contributed by atoms with Crippen LogP contribution in [0.5, 0.6) is 0 Å². The van der Waals surface area contributed by atoms with Crippen molar-refractivity contribution in [2.24, 2.45) is 0 Å². The quantitative estimate of drug-likeness (QED) is 0.357. The van der Waals surface area contributed by atoms with Crippen molar-refractivity contribution >= 4 is 23.1 Å². The highest BCUT2D eigenvalue weighted by Gasteiger charge is 2.17. The molecule has 9 heteroatoms. The third-order valence-electron chi connectivity index (χ3n) is 3.34. The van der Waals surface area contributed by atoms with Crippen LogP contribution in [0, 0.1) is 0 Å². The first-order chi connectivity index (χ1) is 12.3. The molecule has 0 bridgehead atoms. The van der Waals surface area contributed by atoms with Crippen LogP contribution in [-0.4, -0.2) is 24.9 Å². The Hall–Kier alpha value is -2.65. The number of hydrogen-bond donors (Lipinski definition) is 0. The van der Waals surface area contributed by atoms with Gasteiger partial charge in [0.25, 0.3) is 0 Å². The number of allylic oxidation sites excluding steroid dienone is 1. The summed E-state index contributed by atoms with van der Waals surface area (Å²) in [5.74, 6) is 2.97. The van der Waals surface area contributed by atoms with Gasteiger partial charge in [0, 0.05) is 17.5 Å². The standard InChI is InChI=1S/C16H13N5O2S2/c1-2-6-21-15(12-4-3-7-22-12)18-19-16(21)25-10-13-17-14(20-23-13)11-5-8-24-9-11/h2-5,7-9H,1,6,10H2. The van der Waals surface area contributed by atoms with E-state index in [4.69, 9.17) is 8.94 Å². The summed E-state index contributed by atoms with van der Waals surface area (Å²) < 4.78 is 12.7. The molecule has 4 aromatic heterocycles. The molecule has 0 radical (unpaired) electrons. The second-order valence-corrected chi connectivity index (χ2v) is 6.72. The average Bonchev–Trinajstić information content (AvgIpc) is 3.38. The summed E-state index contributed by atoms with van der Waals surface area (Å²) in [5, 5.41) is 17.2. The highest BCUT2D eigenvalue weighted by molar-refractivity contribution is 7.98. The van der Waals surface area contributed by atoms with Gasteiger partial charge in [-0.2, -0.15) is 16.3 Å². The monoisotopic (exact) mass is 371 g/mol. The number of furan rings is 1. The summed E-state index contributed by atoms with van der Waals surface area (Å²) in [4.78, 5) is 4.41. The summed E-state index contributed by atoms with van der Waals surface area (Å²) in [5.41, 5.74) is 0.958. The van der Waals surface area contributed by atoms with Crippen LogP contribution >= 0.6 is 23.1 Å². The minimum absolute atomic E-state index is 0.505. The fourth-order valence-electron chi connectivity index (χ4n) is 2.23. The first-order valence-electron chi connectivity index (χ1n) is 7.41. The van der Waals surface area contributed by atoms with Gasteiger partial charge in [-0.3, -0.25) is 4.57 Å². The van der Waals surface area contributed by atoms with E-state index in [-0.39, 0.29) is 0 Å². The predicted octanol–water partition coefficient (Wildman–Crippen LogP) is 4.13. The van der Waals surface area contributed by atoms with E-state index in [9.17, 15) is 0 Å². The van der Waals surface area contributed by atoms with E-state index in [0.717, 1.165) is 10.7 Å². The number of thiophene rings is 1. The van der Waals surface area contributed by atoms with Crippen molar-refractivity contribution in [1.82, 2.24) is 24.9 Å². The molecule has 0 aromatic carbocycles. The van der Waals surface area contributed by atoms with Crippen molar-refractivity contribution in [2.45, 2.75) is 17.5 Å². The van der Waals surface area contributed by atoms with Crippen molar-refractivity contribution in [3.63, 3.8) is 0 Å². The van der Waals surface area contributed by atoms with Gasteiger partial charge in [-0.05, 0) is 23.6 Å². The van der Waals surface area contributed by atoms with Gasteiger partial charge in [0.1, 0.15) is 0 Å².